The van der Waals surface area contributed by atoms with Gasteiger partial charge in [-0.15, -0.1) is 0 Å². The molecule has 0 radical (unpaired) electrons. The predicted molar refractivity (Wildman–Crippen MR) is 78.3 cm³/mol. The second-order valence-corrected chi connectivity index (χ2v) is 6.08. The molecule has 3 nitrogen and oxygen atoms in total. The number of hydrogen-bond acceptors (Lipinski definition) is 2. The molecule has 1 atom stereocenters. The van der Waals surface area contributed by atoms with Crippen LogP contribution in [0.4, 0.5) is 5.82 Å². The largest absolute Gasteiger partial charge is 0.362 e. The van der Waals surface area contributed by atoms with Crippen molar-refractivity contribution in [3.05, 3.63) is 47.7 Å². The van der Waals surface area contributed by atoms with Gasteiger partial charge in [-0.1, -0.05) is 38.1 Å². The third-order valence-electron chi connectivity index (χ3n) is 4.16. The molecule has 0 fully saturated rings. The molecule has 1 N–H and O–H groups in total. The van der Waals surface area contributed by atoms with Gasteiger partial charge in [-0.05, 0) is 29.4 Å². The summed E-state index contributed by atoms with van der Waals surface area (Å²) in [6, 6.07) is 11.2. The van der Waals surface area contributed by atoms with Crippen LogP contribution < -0.4 is 5.32 Å². The zero-order chi connectivity index (χ0) is 13.5. The van der Waals surface area contributed by atoms with Crippen molar-refractivity contribution in [1.82, 2.24) is 9.78 Å². The molecule has 2 aromatic rings. The van der Waals surface area contributed by atoms with Gasteiger partial charge in [0.15, 0.2) is 0 Å². The molecular formula is C16H21N3. The van der Waals surface area contributed by atoms with Gasteiger partial charge in [0.25, 0.3) is 0 Å². The average Bonchev–Trinajstić information content (AvgIpc) is 2.79. The molecule has 0 bridgehead atoms. The van der Waals surface area contributed by atoms with Crippen molar-refractivity contribution in [3.63, 3.8) is 0 Å². The van der Waals surface area contributed by atoms with Crippen LogP contribution in [0.5, 0.6) is 0 Å². The Hall–Kier alpha value is -1.77. The van der Waals surface area contributed by atoms with Gasteiger partial charge in [-0.3, -0.25) is 4.68 Å². The second kappa shape index (κ2) is 4.41. The first-order chi connectivity index (χ1) is 9.06. The van der Waals surface area contributed by atoms with E-state index in [1.54, 1.807) is 0 Å². The van der Waals surface area contributed by atoms with Gasteiger partial charge in [-0.2, -0.15) is 5.10 Å². The van der Waals surface area contributed by atoms with Crippen molar-refractivity contribution in [3.8, 4) is 0 Å². The van der Waals surface area contributed by atoms with E-state index in [1.807, 2.05) is 24.0 Å². The molecule has 1 aliphatic carbocycles. The number of fused-ring (bicyclic) bond motifs is 1. The Morgan fingerprint density at radius 1 is 1.26 bits per heavy atom. The number of aryl methyl sites for hydroxylation is 1. The highest BCUT2D eigenvalue weighted by molar-refractivity contribution is 5.44. The quantitative estimate of drug-likeness (QED) is 0.887. The molecule has 3 heteroatoms. The molecular weight excluding hydrogens is 234 g/mol. The molecule has 0 amide bonds. The van der Waals surface area contributed by atoms with E-state index >= 15 is 0 Å². The Balaban J connectivity index is 1.92. The first-order valence-electron chi connectivity index (χ1n) is 6.92. The molecule has 3 rings (SSSR count). The van der Waals surface area contributed by atoms with Crippen molar-refractivity contribution in [2.75, 3.05) is 5.32 Å². The minimum Gasteiger partial charge on any atom is -0.362 e. The minimum atomic E-state index is 0.277. The van der Waals surface area contributed by atoms with Crippen LogP contribution in [0, 0.1) is 0 Å². The smallest absolute Gasteiger partial charge is 0.148 e. The maximum atomic E-state index is 4.42. The molecule has 1 aliphatic rings. The van der Waals surface area contributed by atoms with Crippen LogP contribution in [0.25, 0.3) is 0 Å². The molecule has 0 spiro atoms. The van der Waals surface area contributed by atoms with E-state index in [9.17, 15) is 0 Å². The summed E-state index contributed by atoms with van der Waals surface area (Å²) in [5.41, 5.74) is 3.16. The monoisotopic (exact) mass is 255 g/mol. The van der Waals surface area contributed by atoms with Gasteiger partial charge in [0.1, 0.15) is 5.82 Å². The molecule has 19 heavy (non-hydrogen) atoms. The fourth-order valence-electron chi connectivity index (χ4n) is 3.03. The van der Waals surface area contributed by atoms with Crippen LogP contribution in [0.1, 0.15) is 43.9 Å². The third kappa shape index (κ3) is 2.25. The van der Waals surface area contributed by atoms with Gasteiger partial charge in [0, 0.05) is 19.3 Å². The lowest BCUT2D eigenvalue weighted by Gasteiger charge is -2.37. The summed E-state index contributed by atoms with van der Waals surface area (Å²) in [7, 11) is 1.95. The summed E-state index contributed by atoms with van der Waals surface area (Å²) in [4.78, 5) is 0. The molecule has 1 heterocycles. The Labute approximate surface area is 114 Å². The molecule has 0 aliphatic heterocycles. The van der Waals surface area contributed by atoms with E-state index in [0.29, 0.717) is 6.04 Å². The van der Waals surface area contributed by atoms with Gasteiger partial charge in [0.2, 0.25) is 0 Å². The Bertz CT molecular complexity index is 583. The lowest BCUT2D eigenvalue weighted by Crippen LogP contribution is -2.29. The number of anilines is 1. The van der Waals surface area contributed by atoms with E-state index in [2.05, 4.69) is 48.5 Å². The lowest BCUT2D eigenvalue weighted by atomic mass is 9.71. The lowest BCUT2D eigenvalue weighted by molar-refractivity contribution is 0.405. The van der Waals surface area contributed by atoms with Crippen LogP contribution in [-0.4, -0.2) is 9.78 Å². The summed E-state index contributed by atoms with van der Waals surface area (Å²) in [5, 5.41) is 7.98. The van der Waals surface area contributed by atoms with Gasteiger partial charge >= 0.3 is 0 Å². The molecule has 0 saturated carbocycles. The highest BCUT2D eigenvalue weighted by atomic mass is 15.3. The predicted octanol–water partition coefficient (Wildman–Crippen LogP) is 3.64. The number of nitrogens with one attached hydrogen (secondary N) is 1. The maximum absolute atomic E-state index is 4.42. The maximum Gasteiger partial charge on any atom is 0.148 e. The van der Waals surface area contributed by atoms with Crippen molar-refractivity contribution < 1.29 is 0 Å². The first-order valence-corrected chi connectivity index (χ1v) is 6.92. The summed E-state index contributed by atoms with van der Waals surface area (Å²) < 4.78 is 1.83. The van der Waals surface area contributed by atoms with Crippen LogP contribution in [0.2, 0.25) is 0 Å². The normalized spacial score (nSPS) is 20.9. The van der Waals surface area contributed by atoms with E-state index < -0.39 is 0 Å². The van der Waals surface area contributed by atoms with Crippen LogP contribution in [-0.2, 0) is 12.5 Å². The zero-order valence-corrected chi connectivity index (χ0v) is 11.9. The summed E-state index contributed by atoms with van der Waals surface area (Å²) in [6.07, 6.45) is 4.33. The van der Waals surface area contributed by atoms with Crippen LogP contribution >= 0.6 is 0 Å². The summed E-state index contributed by atoms with van der Waals surface area (Å²) in [6.45, 7) is 4.67. The number of aromatic nitrogens is 2. The fraction of sp³-hybridized carbons (Fsp3) is 0.438. The zero-order valence-electron chi connectivity index (χ0n) is 11.9. The summed E-state index contributed by atoms with van der Waals surface area (Å²) >= 11 is 0. The van der Waals surface area contributed by atoms with Gasteiger partial charge in [-0.25, -0.2) is 0 Å². The number of nitrogens with zero attached hydrogens (tertiary/aromatic N) is 2. The first kappa shape index (κ1) is 12.3. The number of hydrogen-bond donors (Lipinski definition) is 1. The molecule has 1 aromatic carbocycles. The van der Waals surface area contributed by atoms with Crippen LogP contribution in [0.15, 0.2) is 36.5 Å². The number of rotatable bonds is 2. The molecule has 100 valence electrons. The topological polar surface area (TPSA) is 29.9 Å². The molecule has 1 unspecified atom stereocenters. The Morgan fingerprint density at radius 2 is 2.05 bits per heavy atom. The van der Waals surface area contributed by atoms with E-state index in [0.717, 1.165) is 12.2 Å². The van der Waals surface area contributed by atoms with Crippen LogP contribution in [0.3, 0.4) is 0 Å². The van der Waals surface area contributed by atoms with E-state index in [-0.39, 0.29) is 5.41 Å². The molecule has 1 aromatic heterocycles. The summed E-state index contributed by atoms with van der Waals surface area (Å²) in [5.74, 6) is 0.960. The van der Waals surface area contributed by atoms with Crippen molar-refractivity contribution in [2.24, 2.45) is 7.05 Å². The van der Waals surface area contributed by atoms with E-state index in [1.165, 1.54) is 17.5 Å². The highest BCUT2D eigenvalue weighted by Gasteiger charge is 2.32. The van der Waals surface area contributed by atoms with E-state index in [4.69, 9.17) is 0 Å². The highest BCUT2D eigenvalue weighted by Crippen LogP contribution is 2.42. The Kier molecular flexibility index (Phi) is 2.85. The third-order valence-corrected chi connectivity index (χ3v) is 4.16. The fourth-order valence-corrected chi connectivity index (χ4v) is 3.03. The average molecular weight is 255 g/mol. The Morgan fingerprint density at radius 3 is 2.79 bits per heavy atom. The minimum absolute atomic E-state index is 0.277. The van der Waals surface area contributed by atoms with Crippen molar-refractivity contribution >= 4 is 5.82 Å². The number of benzene rings is 1. The second-order valence-electron chi connectivity index (χ2n) is 6.08. The van der Waals surface area contributed by atoms with Crippen molar-refractivity contribution in [1.29, 1.82) is 0 Å². The van der Waals surface area contributed by atoms with Gasteiger partial charge < -0.3 is 5.32 Å². The standard InChI is InChI=1S/C16H21N3/c1-16(2)10-8-14(12-6-4-5-7-13(12)16)17-15-9-11-19(3)18-15/h4-7,9,11,14H,8,10H2,1-3H3,(H,17,18). The molecule has 0 saturated heterocycles. The van der Waals surface area contributed by atoms with Crippen molar-refractivity contribution in [2.45, 2.75) is 38.1 Å². The van der Waals surface area contributed by atoms with Gasteiger partial charge in [0.05, 0.1) is 6.04 Å². The SMILES string of the molecule is Cn1ccc(NC2CCC(C)(C)c3ccccc32)n1.